The number of piperidine rings is 1. The van der Waals surface area contributed by atoms with Crippen LogP contribution in [0.25, 0.3) is 22.5 Å². The lowest BCUT2D eigenvalue weighted by atomic mass is 10.0. The lowest BCUT2D eigenvalue weighted by Crippen LogP contribution is -2.49. The highest BCUT2D eigenvalue weighted by molar-refractivity contribution is 6.31. The molecule has 0 bridgehead atoms. The molecule has 1 aromatic heterocycles. The van der Waals surface area contributed by atoms with E-state index >= 15 is 0 Å². The first-order valence-electron chi connectivity index (χ1n) is 12.1. The molecule has 0 spiro atoms. The quantitative estimate of drug-likeness (QED) is 0.332. The Morgan fingerprint density at radius 2 is 1.38 bits per heavy atom. The normalized spacial score (nSPS) is 15.5. The standard InChI is InChI=1S/C27H26Cl2F2N4O4/c1-26(2,3)39-25(37)38-24-22(23(36)34-35-14-12-27(30,31)13-15-35)32-20(16-4-8-18(28)9-5-16)21(33-24)17-6-10-19(29)11-7-17/h4-11H,12-15H2,1-3H3,(H,34,36). The van der Waals surface area contributed by atoms with Crippen molar-refractivity contribution in [3.63, 3.8) is 0 Å². The molecule has 2 aromatic carbocycles. The van der Waals surface area contributed by atoms with Crippen LogP contribution in [0.2, 0.25) is 10.0 Å². The van der Waals surface area contributed by atoms with E-state index in [4.69, 9.17) is 32.7 Å². The van der Waals surface area contributed by atoms with Gasteiger partial charge in [0, 0.05) is 47.1 Å². The number of halogens is 4. The zero-order valence-corrected chi connectivity index (χ0v) is 22.9. The van der Waals surface area contributed by atoms with Gasteiger partial charge in [0.2, 0.25) is 0 Å². The molecular weight excluding hydrogens is 553 g/mol. The number of amides is 1. The van der Waals surface area contributed by atoms with Gasteiger partial charge >= 0.3 is 6.16 Å². The summed E-state index contributed by atoms with van der Waals surface area (Å²) >= 11 is 12.1. The summed E-state index contributed by atoms with van der Waals surface area (Å²) in [4.78, 5) is 35.0. The van der Waals surface area contributed by atoms with Gasteiger partial charge < -0.3 is 9.47 Å². The number of ether oxygens (including phenoxy) is 2. The van der Waals surface area contributed by atoms with E-state index in [1.165, 1.54) is 5.01 Å². The Bertz CT molecular complexity index is 1350. The highest BCUT2D eigenvalue weighted by atomic mass is 35.5. The largest absolute Gasteiger partial charge is 0.515 e. The van der Waals surface area contributed by atoms with E-state index in [0.29, 0.717) is 32.6 Å². The molecule has 1 aliphatic rings. The second-order valence-corrected chi connectivity index (χ2v) is 10.8. The minimum absolute atomic E-state index is 0.0681. The SMILES string of the molecule is CC(C)(C)OC(=O)Oc1nc(-c2ccc(Cl)cc2)c(-c2ccc(Cl)cc2)nc1C(=O)NN1CCC(F)(F)CC1. The van der Waals surface area contributed by atoms with E-state index in [1.54, 1.807) is 69.3 Å². The van der Waals surface area contributed by atoms with E-state index in [-0.39, 0.29) is 18.8 Å². The summed E-state index contributed by atoms with van der Waals surface area (Å²) in [6, 6.07) is 13.4. The van der Waals surface area contributed by atoms with Gasteiger partial charge in [-0.25, -0.2) is 28.6 Å². The molecule has 1 N–H and O–H groups in total. The van der Waals surface area contributed by atoms with Crippen molar-refractivity contribution in [2.75, 3.05) is 13.1 Å². The number of hydrogen-bond donors (Lipinski definition) is 1. The summed E-state index contributed by atoms with van der Waals surface area (Å²) in [6.45, 7) is 4.83. The van der Waals surface area contributed by atoms with Crippen molar-refractivity contribution in [2.24, 2.45) is 0 Å². The van der Waals surface area contributed by atoms with Crippen molar-refractivity contribution < 1.29 is 27.8 Å². The third-order valence-electron chi connectivity index (χ3n) is 5.64. The average Bonchev–Trinajstić information content (AvgIpc) is 2.85. The van der Waals surface area contributed by atoms with Crippen LogP contribution >= 0.6 is 23.2 Å². The third-order valence-corrected chi connectivity index (χ3v) is 6.14. The number of rotatable bonds is 5. The molecule has 3 aromatic rings. The van der Waals surface area contributed by atoms with Crippen LogP contribution in [0.3, 0.4) is 0 Å². The smallest absolute Gasteiger partial charge is 0.428 e. The molecular formula is C27H26Cl2F2N4O4. The first-order chi connectivity index (χ1) is 18.3. The zero-order chi connectivity index (χ0) is 28.4. The second-order valence-electron chi connectivity index (χ2n) is 9.94. The first-order valence-corrected chi connectivity index (χ1v) is 12.8. The summed E-state index contributed by atoms with van der Waals surface area (Å²) in [6.07, 6.45) is -1.91. The number of carbonyl (C=O) groups excluding carboxylic acids is 2. The highest BCUT2D eigenvalue weighted by Crippen LogP contribution is 2.34. The average molecular weight is 579 g/mol. The monoisotopic (exact) mass is 578 g/mol. The lowest BCUT2D eigenvalue weighted by Gasteiger charge is -2.31. The van der Waals surface area contributed by atoms with Gasteiger partial charge in [0.15, 0.2) is 5.69 Å². The molecule has 1 saturated heterocycles. The highest BCUT2D eigenvalue weighted by Gasteiger charge is 2.35. The summed E-state index contributed by atoms with van der Waals surface area (Å²) in [5.74, 6) is -4.00. The van der Waals surface area contributed by atoms with Crippen molar-refractivity contribution in [3.05, 3.63) is 64.3 Å². The number of hydrogen-bond acceptors (Lipinski definition) is 7. The summed E-state index contributed by atoms with van der Waals surface area (Å²) in [5, 5.41) is 2.35. The predicted molar refractivity (Wildman–Crippen MR) is 143 cm³/mol. The molecule has 1 aliphatic heterocycles. The van der Waals surface area contributed by atoms with Crippen molar-refractivity contribution in [3.8, 4) is 28.4 Å². The van der Waals surface area contributed by atoms with Gasteiger partial charge in [0.1, 0.15) is 11.3 Å². The van der Waals surface area contributed by atoms with E-state index in [0.717, 1.165) is 0 Å². The summed E-state index contributed by atoms with van der Waals surface area (Å²) in [5.41, 5.74) is 3.11. The van der Waals surface area contributed by atoms with Crippen LogP contribution in [0.1, 0.15) is 44.1 Å². The maximum Gasteiger partial charge on any atom is 0.515 e. The minimum Gasteiger partial charge on any atom is -0.428 e. The minimum atomic E-state index is -2.80. The molecule has 0 saturated carbocycles. The van der Waals surface area contributed by atoms with E-state index in [2.05, 4.69) is 15.4 Å². The second kappa shape index (κ2) is 11.4. The van der Waals surface area contributed by atoms with Crippen molar-refractivity contribution in [2.45, 2.75) is 45.1 Å². The Morgan fingerprint density at radius 1 is 0.897 bits per heavy atom. The Labute approximate surface area is 234 Å². The molecule has 206 valence electrons. The molecule has 1 amide bonds. The molecule has 2 heterocycles. The molecule has 1 fully saturated rings. The summed E-state index contributed by atoms with van der Waals surface area (Å²) in [7, 11) is 0. The first kappa shape index (κ1) is 28.7. The molecule has 12 heteroatoms. The molecule has 0 unspecified atom stereocenters. The molecule has 0 radical (unpaired) electrons. The van der Waals surface area contributed by atoms with E-state index < -0.39 is 42.3 Å². The maximum atomic E-state index is 13.6. The number of alkyl halides is 2. The Morgan fingerprint density at radius 3 is 1.87 bits per heavy atom. The Balaban J connectivity index is 1.80. The van der Waals surface area contributed by atoms with Crippen molar-refractivity contribution in [1.82, 2.24) is 20.4 Å². The number of hydrazine groups is 1. The van der Waals surface area contributed by atoms with Gasteiger partial charge in [0.25, 0.3) is 17.7 Å². The molecule has 39 heavy (non-hydrogen) atoms. The van der Waals surface area contributed by atoms with Gasteiger partial charge in [-0.3, -0.25) is 10.2 Å². The molecule has 0 atom stereocenters. The zero-order valence-electron chi connectivity index (χ0n) is 21.4. The molecule has 0 aliphatic carbocycles. The fourth-order valence-corrected chi connectivity index (χ4v) is 4.00. The molecule has 8 nitrogen and oxygen atoms in total. The van der Waals surface area contributed by atoms with E-state index in [1.807, 2.05) is 0 Å². The number of benzene rings is 2. The maximum absolute atomic E-state index is 13.6. The van der Waals surface area contributed by atoms with Crippen LogP contribution in [0, 0.1) is 0 Å². The van der Waals surface area contributed by atoms with Gasteiger partial charge in [-0.05, 0) is 45.0 Å². The van der Waals surface area contributed by atoms with Crippen molar-refractivity contribution in [1.29, 1.82) is 0 Å². The van der Waals surface area contributed by atoms with Crippen LogP contribution in [-0.2, 0) is 4.74 Å². The van der Waals surface area contributed by atoms with Crippen LogP contribution in [0.15, 0.2) is 48.5 Å². The predicted octanol–water partition coefficient (Wildman–Crippen LogP) is 6.81. The molecule has 4 rings (SSSR count). The Kier molecular flexibility index (Phi) is 8.39. The fourth-order valence-electron chi connectivity index (χ4n) is 3.75. The fraction of sp³-hybridized carbons (Fsp3) is 0.333. The number of nitrogens with one attached hydrogen (secondary N) is 1. The third kappa shape index (κ3) is 7.62. The van der Waals surface area contributed by atoms with Crippen LogP contribution in [-0.4, -0.2) is 51.7 Å². The number of carbonyl (C=O) groups is 2. The lowest BCUT2D eigenvalue weighted by molar-refractivity contribution is -0.0632. The van der Waals surface area contributed by atoms with Crippen LogP contribution in [0.4, 0.5) is 13.6 Å². The van der Waals surface area contributed by atoms with Gasteiger partial charge in [0.05, 0.1) is 5.69 Å². The Hall–Kier alpha value is -3.34. The number of aromatic nitrogens is 2. The van der Waals surface area contributed by atoms with Gasteiger partial charge in [-0.1, -0.05) is 47.5 Å². The van der Waals surface area contributed by atoms with Crippen molar-refractivity contribution >= 4 is 35.3 Å². The van der Waals surface area contributed by atoms with Crippen LogP contribution in [0.5, 0.6) is 5.88 Å². The number of nitrogens with zero attached hydrogens (tertiary/aromatic N) is 3. The topological polar surface area (TPSA) is 93.6 Å². The van der Waals surface area contributed by atoms with Gasteiger partial charge in [-0.15, -0.1) is 0 Å². The van der Waals surface area contributed by atoms with Crippen LogP contribution < -0.4 is 10.2 Å². The van der Waals surface area contributed by atoms with E-state index in [9.17, 15) is 18.4 Å². The van der Waals surface area contributed by atoms with Gasteiger partial charge in [-0.2, -0.15) is 0 Å². The summed E-state index contributed by atoms with van der Waals surface area (Å²) < 4.78 is 37.9.